The molecular formula is C15H22N2O4. The van der Waals surface area contributed by atoms with E-state index in [4.69, 9.17) is 4.74 Å². The molecule has 1 N–H and O–H groups in total. The molecule has 0 saturated carbocycles. The lowest BCUT2D eigenvalue weighted by Crippen LogP contribution is -2.28. The predicted octanol–water partition coefficient (Wildman–Crippen LogP) is 1.61. The van der Waals surface area contributed by atoms with Crippen molar-refractivity contribution in [3.63, 3.8) is 0 Å². The lowest BCUT2D eigenvalue weighted by Gasteiger charge is -2.06. The zero-order chi connectivity index (χ0) is 15.7. The summed E-state index contributed by atoms with van der Waals surface area (Å²) >= 11 is 0. The van der Waals surface area contributed by atoms with Gasteiger partial charge >= 0.3 is 11.7 Å². The van der Waals surface area contributed by atoms with E-state index < -0.39 is 0 Å². The Kier molecular flexibility index (Phi) is 7.21. The van der Waals surface area contributed by atoms with Gasteiger partial charge in [-0.1, -0.05) is 19.9 Å². The van der Waals surface area contributed by atoms with Crippen LogP contribution in [-0.2, 0) is 16.1 Å². The molecule has 0 spiro atoms. The van der Waals surface area contributed by atoms with Crippen LogP contribution in [0.5, 0.6) is 0 Å². The van der Waals surface area contributed by atoms with Crippen molar-refractivity contribution >= 4 is 5.97 Å². The van der Waals surface area contributed by atoms with Gasteiger partial charge in [0.05, 0.1) is 6.61 Å². The highest BCUT2D eigenvalue weighted by Gasteiger charge is 2.05. The Labute approximate surface area is 123 Å². The molecule has 116 valence electrons. The minimum Gasteiger partial charge on any atom is -0.462 e. The summed E-state index contributed by atoms with van der Waals surface area (Å²) in [6.45, 7) is 6.45. The molecule has 0 aliphatic rings. The lowest BCUT2D eigenvalue weighted by molar-refractivity contribution is -0.139. The lowest BCUT2D eigenvalue weighted by atomic mass is 10.2. The SMILES string of the molecule is C=C(CC)C(=O)OCCCCCCn1ccc(=O)[nH]c1=O. The number of nitrogens with zero attached hydrogens (tertiary/aromatic N) is 1. The van der Waals surface area contributed by atoms with Gasteiger partial charge in [-0.25, -0.2) is 9.59 Å². The summed E-state index contributed by atoms with van der Waals surface area (Å²) in [4.78, 5) is 35.9. The van der Waals surface area contributed by atoms with Gasteiger partial charge in [-0.2, -0.15) is 0 Å². The van der Waals surface area contributed by atoms with Crippen molar-refractivity contribution in [2.24, 2.45) is 0 Å². The molecule has 1 aromatic rings. The van der Waals surface area contributed by atoms with Crippen LogP contribution in [0.1, 0.15) is 39.0 Å². The molecule has 6 nitrogen and oxygen atoms in total. The maximum Gasteiger partial charge on any atom is 0.333 e. The fraction of sp³-hybridized carbons (Fsp3) is 0.533. The molecule has 0 amide bonds. The Morgan fingerprint density at radius 3 is 2.67 bits per heavy atom. The largest absolute Gasteiger partial charge is 0.462 e. The Hall–Kier alpha value is -2.11. The molecule has 0 saturated heterocycles. The zero-order valence-corrected chi connectivity index (χ0v) is 12.4. The molecule has 21 heavy (non-hydrogen) atoms. The Morgan fingerprint density at radius 2 is 2.00 bits per heavy atom. The van der Waals surface area contributed by atoms with Crippen LogP contribution in [0.2, 0.25) is 0 Å². The number of aromatic nitrogens is 2. The summed E-state index contributed by atoms with van der Waals surface area (Å²) in [5, 5.41) is 0. The van der Waals surface area contributed by atoms with E-state index in [1.165, 1.54) is 16.8 Å². The number of hydrogen-bond acceptors (Lipinski definition) is 4. The minimum absolute atomic E-state index is 0.322. The van der Waals surface area contributed by atoms with Crippen molar-refractivity contribution in [2.45, 2.75) is 45.6 Å². The number of aryl methyl sites for hydroxylation is 1. The Bertz CT molecular complexity index is 586. The van der Waals surface area contributed by atoms with E-state index in [0.717, 1.165) is 25.7 Å². The highest BCUT2D eigenvalue weighted by atomic mass is 16.5. The van der Waals surface area contributed by atoms with E-state index >= 15 is 0 Å². The molecular weight excluding hydrogens is 272 g/mol. The van der Waals surface area contributed by atoms with E-state index in [1.807, 2.05) is 6.92 Å². The van der Waals surface area contributed by atoms with E-state index in [2.05, 4.69) is 11.6 Å². The number of carbonyl (C=O) groups is 1. The van der Waals surface area contributed by atoms with Gasteiger partial charge in [0.2, 0.25) is 0 Å². The van der Waals surface area contributed by atoms with Gasteiger partial charge in [0.15, 0.2) is 0 Å². The molecule has 0 bridgehead atoms. The highest BCUT2D eigenvalue weighted by molar-refractivity contribution is 5.87. The van der Waals surface area contributed by atoms with Gasteiger partial charge in [0.25, 0.3) is 5.56 Å². The van der Waals surface area contributed by atoms with Crippen molar-refractivity contribution in [3.8, 4) is 0 Å². The van der Waals surface area contributed by atoms with Crippen molar-refractivity contribution in [3.05, 3.63) is 45.3 Å². The first-order chi connectivity index (χ1) is 10.0. The molecule has 1 heterocycles. The van der Waals surface area contributed by atoms with Crippen LogP contribution in [0.25, 0.3) is 0 Å². The maximum absolute atomic E-state index is 11.4. The summed E-state index contributed by atoms with van der Waals surface area (Å²) in [6, 6.07) is 1.33. The Balaban J connectivity index is 2.12. The number of hydrogen-bond donors (Lipinski definition) is 1. The van der Waals surface area contributed by atoms with E-state index in [9.17, 15) is 14.4 Å². The van der Waals surface area contributed by atoms with Gasteiger partial charge in [-0.15, -0.1) is 0 Å². The number of carbonyl (C=O) groups excluding carboxylic acids is 1. The van der Waals surface area contributed by atoms with Crippen LogP contribution in [-0.4, -0.2) is 22.1 Å². The third kappa shape index (κ3) is 6.25. The van der Waals surface area contributed by atoms with E-state index in [0.29, 0.717) is 25.1 Å². The molecule has 1 aromatic heterocycles. The number of esters is 1. The number of nitrogens with one attached hydrogen (secondary N) is 1. The second-order valence-electron chi connectivity index (χ2n) is 4.81. The minimum atomic E-state index is -0.383. The fourth-order valence-corrected chi connectivity index (χ4v) is 1.77. The van der Waals surface area contributed by atoms with Crippen molar-refractivity contribution in [1.82, 2.24) is 9.55 Å². The summed E-state index contributed by atoms with van der Waals surface area (Å²) in [5.74, 6) is -0.322. The van der Waals surface area contributed by atoms with Gasteiger partial charge < -0.3 is 9.30 Å². The number of H-pyrrole nitrogens is 1. The first kappa shape index (κ1) is 16.9. The quantitative estimate of drug-likeness (QED) is 0.426. The summed E-state index contributed by atoms with van der Waals surface area (Å²) in [7, 11) is 0. The van der Waals surface area contributed by atoms with E-state index in [1.54, 1.807) is 0 Å². The monoisotopic (exact) mass is 294 g/mol. The highest BCUT2D eigenvalue weighted by Crippen LogP contribution is 2.04. The first-order valence-corrected chi connectivity index (χ1v) is 7.19. The van der Waals surface area contributed by atoms with Crippen LogP contribution in [0.4, 0.5) is 0 Å². The maximum atomic E-state index is 11.4. The fourth-order valence-electron chi connectivity index (χ4n) is 1.77. The van der Waals surface area contributed by atoms with Gasteiger partial charge in [-0.3, -0.25) is 9.78 Å². The normalized spacial score (nSPS) is 10.3. The van der Waals surface area contributed by atoms with Crippen LogP contribution in [0.15, 0.2) is 34.0 Å². The van der Waals surface area contributed by atoms with Crippen molar-refractivity contribution in [2.75, 3.05) is 6.61 Å². The molecule has 0 unspecified atom stereocenters. The molecule has 0 atom stereocenters. The van der Waals surface area contributed by atoms with Crippen LogP contribution in [0, 0.1) is 0 Å². The van der Waals surface area contributed by atoms with Crippen molar-refractivity contribution in [1.29, 1.82) is 0 Å². The Morgan fingerprint density at radius 1 is 1.29 bits per heavy atom. The van der Waals surface area contributed by atoms with Gasteiger partial charge in [0.1, 0.15) is 0 Å². The third-order valence-electron chi connectivity index (χ3n) is 3.14. The summed E-state index contributed by atoms with van der Waals surface area (Å²) < 4.78 is 6.54. The van der Waals surface area contributed by atoms with Gasteiger partial charge in [0, 0.05) is 24.4 Å². The molecule has 1 rings (SSSR count). The number of unbranched alkanes of at least 4 members (excludes halogenated alkanes) is 3. The summed E-state index contributed by atoms with van der Waals surface area (Å²) in [6.07, 6.45) is 5.58. The van der Waals surface area contributed by atoms with Crippen LogP contribution < -0.4 is 11.2 Å². The van der Waals surface area contributed by atoms with Gasteiger partial charge in [-0.05, 0) is 25.7 Å². The molecule has 6 heteroatoms. The molecule has 0 aliphatic heterocycles. The molecule has 0 radical (unpaired) electrons. The average Bonchev–Trinajstić information content (AvgIpc) is 2.47. The topological polar surface area (TPSA) is 81.2 Å². The second kappa shape index (κ2) is 8.94. The van der Waals surface area contributed by atoms with Crippen LogP contribution >= 0.6 is 0 Å². The molecule has 0 aromatic carbocycles. The number of ether oxygens (including phenoxy) is 1. The zero-order valence-electron chi connectivity index (χ0n) is 12.4. The molecule has 0 aliphatic carbocycles. The van der Waals surface area contributed by atoms with Crippen molar-refractivity contribution < 1.29 is 9.53 Å². The van der Waals surface area contributed by atoms with E-state index in [-0.39, 0.29) is 17.2 Å². The summed E-state index contributed by atoms with van der Waals surface area (Å²) in [5.41, 5.74) is -0.270. The second-order valence-corrected chi connectivity index (χ2v) is 4.81. The number of aromatic amines is 1. The average molecular weight is 294 g/mol. The number of rotatable bonds is 9. The molecule has 0 fully saturated rings. The van der Waals surface area contributed by atoms with Crippen LogP contribution in [0.3, 0.4) is 0 Å². The first-order valence-electron chi connectivity index (χ1n) is 7.19. The third-order valence-corrected chi connectivity index (χ3v) is 3.14. The predicted molar refractivity (Wildman–Crippen MR) is 80.2 cm³/mol. The standard InChI is InChI=1S/C15H22N2O4/c1-3-12(2)14(19)21-11-7-5-4-6-9-17-10-8-13(18)16-15(17)20/h8,10H,2-7,9,11H2,1H3,(H,16,18,20). The smallest absolute Gasteiger partial charge is 0.333 e.